The van der Waals surface area contributed by atoms with Crippen molar-refractivity contribution in [3.63, 3.8) is 0 Å². The summed E-state index contributed by atoms with van der Waals surface area (Å²) in [6.45, 7) is 2.37. The molecule has 2 heterocycles. The summed E-state index contributed by atoms with van der Waals surface area (Å²) in [6.07, 6.45) is 0. The molecule has 2 nitrogen and oxygen atoms in total. The van der Waals surface area contributed by atoms with Crippen molar-refractivity contribution in [1.29, 1.82) is 0 Å². The first-order valence-electron chi connectivity index (χ1n) is 19.5. The molecular weight excluding hydrogens is 709 g/mol. The van der Waals surface area contributed by atoms with Crippen LogP contribution in [0.5, 0.6) is 0 Å². The monoisotopic (exact) mass is 744 g/mol. The minimum atomic E-state index is -0.282. The summed E-state index contributed by atoms with van der Waals surface area (Å²) in [7, 11) is 0. The summed E-state index contributed by atoms with van der Waals surface area (Å²) in [5.74, 6) is 0.706. The lowest BCUT2D eigenvalue weighted by Crippen LogP contribution is -2.22. The molecule has 268 valence electrons. The number of rotatable bonds is 6. The molecule has 57 heavy (non-hydrogen) atoms. The van der Waals surface area contributed by atoms with E-state index in [-0.39, 0.29) is 5.41 Å². The van der Waals surface area contributed by atoms with E-state index in [9.17, 15) is 0 Å². The van der Waals surface area contributed by atoms with Crippen molar-refractivity contribution in [2.24, 2.45) is 0 Å². The van der Waals surface area contributed by atoms with Gasteiger partial charge in [0.15, 0.2) is 5.82 Å². The van der Waals surface area contributed by atoms with Gasteiger partial charge in [0.1, 0.15) is 0 Å². The summed E-state index contributed by atoms with van der Waals surface area (Å²) in [5, 5.41) is 2.62. The molecule has 0 bridgehead atoms. The highest BCUT2D eigenvalue weighted by Crippen LogP contribution is 2.55. The first kappa shape index (κ1) is 33.4. The minimum absolute atomic E-state index is 0.282. The van der Waals surface area contributed by atoms with E-state index in [1.165, 1.54) is 64.7 Å². The first-order chi connectivity index (χ1) is 28.1. The molecule has 1 aliphatic rings. The second-order valence-electron chi connectivity index (χ2n) is 15.0. The predicted molar refractivity (Wildman–Crippen MR) is 240 cm³/mol. The van der Waals surface area contributed by atoms with Gasteiger partial charge in [-0.15, -0.1) is 11.3 Å². The number of nitrogens with zero attached hydrogens (tertiary/aromatic N) is 2. The third kappa shape index (κ3) is 5.38. The lowest BCUT2D eigenvalue weighted by atomic mass is 9.74. The topological polar surface area (TPSA) is 25.8 Å². The molecule has 1 aliphatic carbocycles. The molecule has 0 amide bonds. The summed E-state index contributed by atoms with van der Waals surface area (Å²) >= 11 is 1.86. The van der Waals surface area contributed by atoms with Crippen LogP contribution in [-0.2, 0) is 5.41 Å². The van der Waals surface area contributed by atoms with Crippen LogP contribution in [0.1, 0.15) is 23.6 Å². The van der Waals surface area contributed by atoms with Gasteiger partial charge in [-0.2, -0.15) is 0 Å². The van der Waals surface area contributed by atoms with Gasteiger partial charge < -0.3 is 0 Å². The molecule has 1 atom stereocenters. The van der Waals surface area contributed by atoms with Gasteiger partial charge in [0.2, 0.25) is 0 Å². The van der Waals surface area contributed by atoms with Gasteiger partial charge >= 0.3 is 0 Å². The number of aromatic nitrogens is 2. The van der Waals surface area contributed by atoms with Crippen LogP contribution in [0.15, 0.2) is 200 Å². The quantitative estimate of drug-likeness (QED) is 0.169. The highest BCUT2D eigenvalue weighted by atomic mass is 32.1. The Morgan fingerprint density at radius 2 is 0.982 bits per heavy atom. The van der Waals surface area contributed by atoms with E-state index in [1.54, 1.807) is 0 Å². The minimum Gasteiger partial charge on any atom is -0.228 e. The molecule has 3 heteroatoms. The van der Waals surface area contributed by atoms with Crippen molar-refractivity contribution in [2.75, 3.05) is 0 Å². The molecule has 0 saturated carbocycles. The van der Waals surface area contributed by atoms with Crippen LogP contribution in [0.2, 0.25) is 0 Å². The van der Waals surface area contributed by atoms with Crippen molar-refractivity contribution >= 4 is 31.5 Å². The second kappa shape index (κ2) is 13.4. The molecule has 0 N–H and O–H groups in total. The Kier molecular flexibility index (Phi) is 7.84. The number of thiophene rings is 1. The summed E-state index contributed by atoms with van der Waals surface area (Å²) < 4.78 is 2.63. The zero-order valence-electron chi connectivity index (χ0n) is 31.4. The lowest BCUT2D eigenvalue weighted by molar-refractivity contribution is 0.714. The summed E-state index contributed by atoms with van der Waals surface area (Å²) in [4.78, 5) is 10.5. The van der Waals surface area contributed by atoms with Crippen molar-refractivity contribution in [1.82, 2.24) is 9.97 Å². The van der Waals surface area contributed by atoms with Crippen LogP contribution in [0.25, 0.3) is 87.5 Å². The fraction of sp³-hybridized carbons (Fsp3) is 0.0370. The second-order valence-corrected chi connectivity index (χ2v) is 16.0. The van der Waals surface area contributed by atoms with Gasteiger partial charge in [-0.25, -0.2) is 9.97 Å². The van der Waals surface area contributed by atoms with Crippen molar-refractivity contribution < 1.29 is 0 Å². The van der Waals surface area contributed by atoms with Gasteiger partial charge in [-0.3, -0.25) is 0 Å². The molecule has 0 aliphatic heterocycles. The number of hydrogen-bond acceptors (Lipinski definition) is 3. The molecule has 0 radical (unpaired) electrons. The highest BCUT2D eigenvalue weighted by molar-refractivity contribution is 7.26. The number of benzene rings is 8. The zero-order valence-corrected chi connectivity index (χ0v) is 32.2. The van der Waals surface area contributed by atoms with E-state index < -0.39 is 0 Å². The largest absolute Gasteiger partial charge is 0.228 e. The standard InChI is InChI=1S/C54H36N2S/c1-54(38-18-6-3-7-19-38)46-27-12-10-23-45(46)51-43(25-15-28-47(51)54)40-20-8-9-21-41(40)49-34-48(55-53(56-49)37-16-4-2-5-17-37)36-32-30-35(31-33-36)39-24-14-26-44-42-22-11-13-29-50(42)57-52(39)44/h2-34H,1H3. The zero-order chi connectivity index (χ0) is 37.9. The molecular formula is C54H36N2S. The Labute approximate surface area is 336 Å². The van der Waals surface area contributed by atoms with E-state index in [0.29, 0.717) is 5.82 Å². The molecule has 0 saturated heterocycles. The molecule has 2 aromatic heterocycles. The van der Waals surface area contributed by atoms with Gasteiger partial charge in [0.05, 0.1) is 11.4 Å². The molecule has 11 rings (SSSR count). The lowest BCUT2D eigenvalue weighted by Gasteiger charge is -2.28. The van der Waals surface area contributed by atoms with Crippen LogP contribution in [0.3, 0.4) is 0 Å². The van der Waals surface area contributed by atoms with Crippen LogP contribution < -0.4 is 0 Å². The predicted octanol–water partition coefficient (Wildman–Crippen LogP) is 14.5. The molecule has 0 spiro atoms. The molecule has 0 fully saturated rings. The van der Waals surface area contributed by atoms with Gasteiger partial charge in [-0.1, -0.05) is 188 Å². The first-order valence-corrected chi connectivity index (χ1v) is 20.3. The Hall–Kier alpha value is -6.94. The highest BCUT2D eigenvalue weighted by Gasteiger charge is 2.41. The Balaban J connectivity index is 1.06. The maximum absolute atomic E-state index is 5.31. The number of fused-ring (bicyclic) bond motifs is 6. The van der Waals surface area contributed by atoms with E-state index in [4.69, 9.17) is 9.97 Å². The van der Waals surface area contributed by atoms with E-state index in [1.807, 2.05) is 17.4 Å². The third-order valence-electron chi connectivity index (χ3n) is 11.8. The van der Waals surface area contributed by atoms with Gasteiger partial charge in [0, 0.05) is 42.3 Å². The van der Waals surface area contributed by atoms with E-state index >= 15 is 0 Å². The smallest absolute Gasteiger partial charge is 0.160 e. The fourth-order valence-corrected chi connectivity index (χ4v) is 10.3. The van der Waals surface area contributed by atoms with Gasteiger partial charge in [0.25, 0.3) is 0 Å². The number of hydrogen-bond donors (Lipinski definition) is 0. The Morgan fingerprint density at radius 1 is 0.404 bits per heavy atom. The molecule has 10 aromatic rings. The maximum Gasteiger partial charge on any atom is 0.160 e. The average Bonchev–Trinajstić information content (AvgIpc) is 3.80. The van der Waals surface area contributed by atoms with Crippen molar-refractivity contribution in [3.8, 4) is 67.3 Å². The summed E-state index contributed by atoms with van der Waals surface area (Å²) in [6, 6.07) is 72.1. The average molecular weight is 745 g/mol. The fourth-order valence-electron chi connectivity index (χ4n) is 9.03. The SMILES string of the molecule is CC1(c2ccccc2)c2ccccc2-c2c(-c3ccccc3-c3cc(-c4ccc(-c5cccc6c5sc5ccccc56)cc4)nc(-c4ccccc4)n3)cccc21. The normalized spacial score (nSPS) is 14.5. The van der Waals surface area contributed by atoms with Crippen LogP contribution in [-0.4, -0.2) is 9.97 Å². The van der Waals surface area contributed by atoms with Crippen molar-refractivity contribution in [2.45, 2.75) is 12.3 Å². The molecule has 8 aromatic carbocycles. The van der Waals surface area contributed by atoms with Gasteiger partial charge in [-0.05, 0) is 69.1 Å². The van der Waals surface area contributed by atoms with Crippen LogP contribution >= 0.6 is 11.3 Å². The van der Waals surface area contributed by atoms with Crippen LogP contribution in [0, 0.1) is 0 Å². The Bertz CT molecular complexity index is 3130. The van der Waals surface area contributed by atoms with Crippen LogP contribution in [0.4, 0.5) is 0 Å². The Morgan fingerprint density at radius 3 is 1.81 bits per heavy atom. The van der Waals surface area contributed by atoms with E-state index in [2.05, 4.69) is 201 Å². The maximum atomic E-state index is 5.31. The molecule has 1 unspecified atom stereocenters. The van der Waals surface area contributed by atoms with E-state index in [0.717, 1.165) is 33.6 Å². The third-order valence-corrected chi connectivity index (χ3v) is 13.1. The summed E-state index contributed by atoms with van der Waals surface area (Å²) in [5.41, 5.74) is 15.9. The van der Waals surface area contributed by atoms with Crippen molar-refractivity contribution in [3.05, 3.63) is 217 Å².